The maximum absolute atomic E-state index is 12.8. The van der Waals surface area contributed by atoms with Crippen molar-refractivity contribution in [3.8, 4) is 0 Å². The van der Waals surface area contributed by atoms with Gasteiger partial charge in [0.1, 0.15) is 22.4 Å². The van der Waals surface area contributed by atoms with E-state index in [1.165, 1.54) is 38.2 Å². The number of carbonyl (C=O) groups excluding carboxylic acids is 8. The Kier molecular flexibility index (Phi) is 28.8. The number of hydrogen-bond acceptors (Lipinski definition) is 18. The highest BCUT2D eigenvalue weighted by Crippen LogP contribution is 2.61. The predicted octanol–water partition coefficient (Wildman–Crippen LogP) is 18.5. The van der Waals surface area contributed by atoms with Crippen LogP contribution in [-0.2, 0) is 77.9 Å². The molecule has 2 heterocycles. The largest absolute Gasteiger partial charge is 0.463 e. The van der Waals surface area contributed by atoms with Crippen molar-refractivity contribution < 1.29 is 86.5 Å². The van der Waals surface area contributed by atoms with Crippen molar-refractivity contribution in [3.05, 3.63) is 173 Å². The second-order valence-electron chi connectivity index (χ2n) is 34.6. The number of cyclic esters (lactones) is 2. The fraction of sp³-hybridized carbons (Fsp3) is 0.587. The van der Waals surface area contributed by atoms with Crippen LogP contribution in [0.3, 0.4) is 0 Å². The summed E-state index contributed by atoms with van der Waals surface area (Å²) in [5, 5.41) is 21.2. The van der Waals surface area contributed by atoms with Gasteiger partial charge in [-0.3, -0.25) is 9.59 Å². The van der Waals surface area contributed by atoms with Crippen molar-refractivity contribution in [1.82, 2.24) is 0 Å². The zero-order chi connectivity index (χ0) is 79.9. The van der Waals surface area contributed by atoms with Gasteiger partial charge in [0.25, 0.3) is 0 Å². The van der Waals surface area contributed by atoms with Gasteiger partial charge in [-0.2, -0.15) is 0 Å². The highest BCUT2D eigenvalue weighted by molar-refractivity contribution is 5.91. The van der Waals surface area contributed by atoms with Crippen LogP contribution >= 0.6 is 0 Å². The lowest BCUT2D eigenvalue weighted by Gasteiger charge is -2.59. The standard InChI is InChI=1S/C23H28O2.C21H22O2.C16H26O3.C14H20O3.C10H16O4.C8H10O4/c1-3-18(2)19-12-14-20(15-13-19)22(24)25-23(16-8-5-9-17-23)21-10-6-4-7-11-21;1-2-17-11-13-18(14-12-17)20(22)23-21(15-7-4-8-16-21)19-9-5-3-6-10-19;1-4-14(2,3)13(17)19-16-8-11-5-12(9-16)7-15(18,6-11)10-16;1-9(2)12(15)17-14-6-10-3-11(7-14)5-13(16,4-10)8-14;1-4-10(2,3)9(12)14-7-5-6-13-8(7)11;1-5(2)7(9)12-6-3-4-11-8(6)10/h4,6-7,10-15,18H,3,5,8-9,16-17H2,1-2H3;2-3,5-6,9-14H,1,4,7-8,15-16H2;11-12,18H,4-10H2,1-3H3;10-11,16H,1,3-8H2,2H3;7H,4-6H2,1-3H3;6H,1,3-4H2,2H3. The second-order valence-corrected chi connectivity index (χ2v) is 34.6. The quantitative estimate of drug-likeness (QED) is 0.0503. The van der Waals surface area contributed by atoms with Crippen molar-refractivity contribution in [2.45, 2.75) is 294 Å². The Morgan fingerprint density at radius 3 is 1.25 bits per heavy atom. The molecule has 2 N–H and O–H groups in total. The molecule has 2 aliphatic heterocycles. The van der Waals surface area contributed by atoms with Gasteiger partial charge in [0, 0.05) is 36.8 Å². The summed E-state index contributed by atoms with van der Waals surface area (Å²) >= 11 is 0. The monoisotopic (exact) mass is 1510 g/mol. The molecular weight excluding hydrogens is 1390 g/mol. The van der Waals surface area contributed by atoms with E-state index in [0.717, 1.165) is 132 Å². The fourth-order valence-electron chi connectivity index (χ4n) is 18.1. The molecule has 18 nitrogen and oxygen atoms in total. The summed E-state index contributed by atoms with van der Waals surface area (Å²) in [6, 6.07) is 35.7. The van der Waals surface area contributed by atoms with Crippen LogP contribution in [-0.4, -0.2) is 106 Å². The fourth-order valence-corrected chi connectivity index (χ4v) is 18.1. The molecule has 4 aromatic carbocycles. The first-order valence-electron chi connectivity index (χ1n) is 40.5. The summed E-state index contributed by atoms with van der Waals surface area (Å²) in [5.41, 5.74) is 2.72. The van der Waals surface area contributed by atoms with Crippen LogP contribution in [0.2, 0.25) is 0 Å². The van der Waals surface area contributed by atoms with Gasteiger partial charge in [0.05, 0.1) is 46.4 Å². The topological polar surface area (TPSA) is 251 Å². The summed E-state index contributed by atoms with van der Waals surface area (Å²) in [5.74, 6) is 0.117. The third-order valence-corrected chi connectivity index (χ3v) is 24.6. The van der Waals surface area contributed by atoms with Gasteiger partial charge in [-0.25, -0.2) is 28.8 Å². The molecule has 10 aliphatic carbocycles. The van der Waals surface area contributed by atoms with E-state index in [1.807, 2.05) is 88.4 Å². The van der Waals surface area contributed by atoms with E-state index in [4.69, 9.17) is 33.2 Å². The molecule has 18 heteroatoms. The smallest absolute Gasteiger partial charge is 0.347 e. The van der Waals surface area contributed by atoms with Gasteiger partial charge < -0.3 is 48.1 Å². The molecule has 12 aliphatic rings. The minimum atomic E-state index is -0.728. The predicted molar refractivity (Wildman–Crippen MR) is 421 cm³/mol. The molecule has 2 saturated heterocycles. The van der Waals surface area contributed by atoms with E-state index in [1.54, 1.807) is 39.0 Å². The molecule has 0 amide bonds. The molecule has 7 atom stereocenters. The Labute approximate surface area is 652 Å². The molecule has 12 fully saturated rings. The average molecular weight is 1520 g/mol. The van der Waals surface area contributed by atoms with Crippen molar-refractivity contribution in [2.24, 2.45) is 34.5 Å². The van der Waals surface area contributed by atoms with Gasteiger partial charge in [-0.15, -0.1) is 0 Å². The minimum Gasteiger partial charge on any atom is -0.463 e. The maximum Gasteiger partial charge on any atom is 0.347 e. The number of rotatable bonds is 19. The van der Waals surface area contributed by atoms with Gasteiger partial charge in [-0.05, 0) is 252 Å². The Morgan fingerprint density at radius 2 is 0.891 bits per heavy atom. The molecule has 0 aromatic heterocycles. The van der Waals surface area contributed by atoms with Crippen molar-refractivity contribution in [3.63, 3.8) is 0 Å². The molecular formula is C92H122O18. The zero-order valence-corrected chi connectivity index (χ0v) is 67.1. The van der Waals surface area contributed by atoms with Gasteiger partial charge in [0.15, 0.2) is 0 Å². The molecule has 8 bridgehead atoms. The van der Waals surface area contributed by atoms with Gasteiger partial charge in [0.2, 0.25) is 12.2 Å². The molecule has 4 aromatic rings. The van der Waals surface area contributed by atoms with Crippen molar-refractivity contribution in [2.75, 3.05) is 13.2 Å². The van der Waals surface area contributed by atoms with Crippen LogP contribution in [0.1, 0.15) is 291 Å². The summed E-state index contributed by atoms with van der Waals surface area (Å²) in [4.78, 5) is 93.9. The number of carbonyl (C=O) groups is 8. The first-order chi connectivity index (χ1) is 52.1. The summed E-state index contributed by atoms with van der Waals surface area (Å²) in [6.45, 7) is 30.5. The van der Waals surface area contributed by atoms with Gasteiger partial charge >= 0.3 is 47.8 Å². The molecule has 0 spiro atoms. The van der Waals surface area contributed by atoms with Crippen LogP contribution in [0.4, 0.5) is 0 Å². The molecule has 10 saturated carbocycles. The molecule has 16 rings (SSSR count). The summed E-state index contributed by atoms with van der Waals surface area (Å²) in [6.07, 6.45) is 25.4. The Balaban J connectivity index is 0.000000154. The lowest BCUT2D eigenvalue weighted by Crippen LogP contribution is -2.61. The SMILES string of the molecule is C=C(C)C(=O)OC12CC3CC(CC(O)(C3)C1)C2.C=C(C)C(=O)OC1CCOC1=O.C=Cc1ccc(C(=O)OC2(c3ccccc3)CCCCC2)cc1.CCC(C)(C)C(=O)OC12CC3CC(CC(O)(C3)C1)C2.CCC(C)(C)C(=O)OC1CCOC1=O.CCC(C)c1ccc(C(=O)OC2(c3ccccc3)CCCCC2)cc1. The van der Waals surface area contributed by atoms with E-state index in [2.05, 4.69) is 74.7 Å². The lowest BCUT2D eigenvalue weighted by atomic mass is 9.52. The molecule has 0 radical (unpaired) electrons. The summed E-state index contributed by atoms with van der Waals surface area (Å²) < 4.78 is 43.0. The number of esters is 8. The third kappa shape index (κ3) is 22.1. The average Bonchev–Trinajstić information content (AvgIpc) is 0.795. The van der Waals surface area contributed by atoms with Crippen molar-refractivity contribution >= 4 is 53.8 Å². The number of hydrogen-bond donors (Lipinski definition) is 2. The number of ether oxygens (including phenoxy) is 8. The maximum atomic E-state index is 12.8. The second kappa shape index (κ2) is 37.0. The molecule has 598 valence electrons. The first kappa shape index (κ1) is 85.8. The first-order valence-corrected chi connectivity index (χ1v) is 40.5. The minimum absolute atomic E-state index is 0.0828. The van der Waals surface area contributed by atoms with E-state index in [9.17, 15) is 48.6 Å². The Hall–Kier alpha value is -8.22. The van der Waals surface area contributed by atoms with E-state index < -0.39 is 69.0 Å². The van der Waals surface area contributed by atoms with Crippen LogP contribution in [0.25, 0.3) is 6.08 Å². The number of aliphatic hydroxyl groups is 2. The summed E-state index contributed by atoms with van der Waals surface area (Å²) in [7, 11) is 0. The van der Waals surface area contributed by atoms with Gasteiger partial charge in [-0.1, -0.05) is 151 Å². The van der Waals surface area contributed by atoms with Crippen LogP contribution in [0.15, 0.2) is 140 Å². The van der Waals surface area contributed by atoms with Crippen molar-refractivity contribution in [1.29, 1.82) is 0 Å². The lowest BCUT2D eigenvalue weighted by molar-refractivity contribution is -0.225. The van der Waals surface area contributed by atoms with Crippen LogP contribution in [0.5, 0.6) is 0 Å². The van der Waals surface area contributed by atoms with E-state index >= 15 is 0 Å². The van der Waals surface area contributed by atoms with Crippen LogP contribution in [0, 0.1) is 34.5 Å². The Morgan fingerprint density at radius 1 is 0.509 bits per heavy atom. The Bertz CT molecular complexity index is 3830. The highest BCUT2D eigenvalue weighted by Gasteiger charge is 2.61. The van der Waals surface area contributed by atoms with E-state index in [-0.39, 0.29) is 41.0 Å². The van der Waals surface area contributed by atoms with Crippen LogP contribution < -0.4 is 0 Å². The zero-order valence-electron chi connectivity index (χ0n) is 67.1. The third-order valence-electron chi connectivity index (χ3n) is 24.6. The molecule has 7 unspecified atom stereocenters. The normalized spacial score (nSPS) is 27.6. The van der Waals surface area contributed by atoms with E-state index in [0.29, 0.717) is 91.6 Å². The highest BCUT2D eigenvalue weighted by atomic mass is 16.6. The molecule has 110 heavy (non-hydrogen) atoms. The number of benzene rings is 4.